The van der Waals surface area contributed by atoms with Gasteiger partial charge in [0.15, 0.2) is 5.82 Å². The third kappa shape index (κ3) is 3.42. The van der Waals surface area contributed by atoms with Gasteiger partial charge in [-0.05, 0) is 40.2 Å². The first kappa shape index (κ1) is 16.4. The van der Waals surface area contributed by atoms with Crippen molar-refractivity contribution in [1.29, 1.82) is 0 Å². The van der Waals surface area contributed by atoms with Crippen molar-refractivity contribution in [1.82, 2.24) is 0 Å². The molecule has 3 N–H and O–H groups in total. The summed E-state index contributed by atoms with van der Waals surface area (Å²) >= 11 is 14.7. The van der Waals surface area contributed by atoms with Crippen LogP contribution < -0.4 is 10.5 Å². The summed E-state index contributed by atoms with van der Waals surface area (Å²) in [6.07, 6.45) is 0. The molecule has 0 radical (unpaired) electrons. The number of nitrogen functional groups attached to an aromatic ring is 1. The van der Waals surface area contributed by atoms with Crippen LogP contribution in [0.3, 0.4) is 0 Å². The van der Waals surface area contributed by atoms with Gasteiger partial charge in [-0.1, -0.05) is 29.3 Å². The normalized spacial score (nSPS) is 11.4. The van der Waals surface area contributed by atoms with Crippen molar-refractivity contribution in [3.8, 4) is 0 Å². The second-order valence-corrected chi connectivity index (χ2v) is 7.30. The second-order valence-electron chi connectivity index (χ2n) is 4.01. The predicted octanol–water partition coefficient (Wildman–Crippen LogP) is 4.28. The minimum atomic E-state index is -4.21. The van der Waals surface area contributed by atoms with Crippen LogP contribution >= 0.6 is 39.1 Å². The Balaban J connectivity index is 2.51. The van der Waals surface area contributed by atoms with Gasteiger partial charge in [0.25, 0.3) is 10.0 Å². The highest BCUT2D eigenvalue weighted by molar-refractivity contribution is 9.10. The summed E-state index contributed by atoms with van der Waals surface area (Å²) in [5.41, 5.74) is 5.20. The zero-order chi connectivity index (χ0) is 15.8. The largest absolute Gasteiger partial charge is 0.396 e. The fourth-order valence-corrected chi connectivity index (χ4v) is 3.73. The Morgan fingerprint density at radius 3 is 2.57 bits per heavy atom. The first-order valence-corrected chi connectivity index (χ1v) is 8.47. The van der Waals surface area contributed by atoms with Crippen molar-refractivity contribution >= 4 is 60.5 Å². The maximum atomic E-state index is 13.9. The fourth-order valence-electron chi connectivity index (χ4n) is 1.56. The van der Waals surface area contributed by atoms with Crippen molar-refractivity contribution in [2.24, 2.45) is 0 Å². The second kappa shape index (κ2) is 6.00. The van der Waals surface area contributed by atoms with E-state index in [0.717, 1.165) is 12.1 Å². The molecule has 0 amide bonds. The molecule has 0 bridgehead atoms. The predicted molar refractivity (Wildman–Crippen MR) is 85.8 cm³/mol. The summed E-state index contributed by atoms with van der Waals surface area (Å²) in [7, 11) is -4.21. The molecule has 0 aliphatic carbocycles. The van der Waals surface area contributed by atoms with Crippen LogP contribution in [0.4, 0.5) is 15.8 Å². The van der Waals surface area contributed by atoms with E-state index in [4.69, 9.17) is 28.9 Å². The summed E-state index contributed by atoms with van der Waals surface area (Å²) in [5.74, 6) is -1.06. The van der Waals surface area contributed by atoms with E-state index in [1.807, 2.05) is 0 Å². The zero-order valence-electron chi connectivity index (χ0n) is 10.2. The van der Waals surface area contributed by atoms with Gasteiger partial charge in [-0.3, -0.25) is 4.72 Å². The third-order valence-electron chi connectivity index (χ3n) is 2.52. The van der Waals surface area contributed by atoms with Gasteiger partial charge in [-0.25, -0.2) is 12.8 Å². The molecule has 2 rings (SSSR count). The van der Waals surface area contributed by atoms with Crippen molar-refractivity contribution in [2.75, 3.05) is 10.5 Å². The Labute approximate surface area is 139 Å². The molecule has 112 valence electrons. The third-order valence-corrected chi connectivity index (χ3v) is 5.50. The highest BCUT2D eigenvalue weighted by atomic mass is 79.9. The van der Waals surface area contributed by atoms with E-state index >= 15 is 0 Å². The van der Waals surface area contributed by atoms with Crippen LogP contribution in [-0.4, -0.2) is 8.42 Å². The Morgan fingerprint density at radius 1 is 1.24 bits per heavy atom. The van der Waals surface area contributed by atoms with Crippen LogP contribution in [0.15, 0.2) is 39.7 Å². The van der Waals surface area contributed by atoms with Gasteiger partial charge in [0, 0.05) is 5.02 Å². The van der Waals surface area contributed by atoms with Crippen molar-refractivity contribution in [3.63, 3.8) is 0 Å². The first-order valence-electron chi connectivity index (χ1n) is 5.43. The highest BCUT2D eigenvalue weighted by Crippen LogP contribution is 2.33. The van der Waals surface area contributed by atoms with Gasteiger partial charge in [-0.15, -0.1) is 0 Å². The SMILES string of the molecule is Nc1cc(Cl)cc(S(=O)(=O)Nc2cccc(Cl)c2Br)c1F. The van der Waals surface area contributed by atoms with E-state index in [0.29, 0.717) is 9.50 Å². The monoisotopic (exact) mass is 412 g/mol. The number of nitrogens with one attached hydrogen (secondary N) is 1. The molecule has 4 nitrogen and oxygen atoms in total. The summed E-state index contributed by atoms with van der Waals surface area (Å²) in [6, 6.07) is 6.70. The maximum Gasteiger partial charge on any atom is 0.264 e. The Kier molecular flexibility index (Phi) is 4.67. The summed E-state index contributed by atoms with van der Waals surface area (Å²) in [4.78, 5) is -0.639. The van der Waals surface area contributed by atoms with Gasteiger partial charge in [-0.2, -0.15) is 0 Å². The summed E-state index contributed by atoms with van der Waals surface area (Å²) in [5, 5.41) is 0.320. The van der Waals surface area contributed by atoms with Crippen LogP contribution in [0.5, 0.6) is 0 Å². The quantitative estimate of drug-likeness (QED) is 0.737. The molecule has 0 aliphatic heterocycles. The number of halogens is 4. The number of hydrogen-bond acceptors (Lipinski definition) is 3. The van der Waals surface area contributed by atoms with Gasteiger partial charge < -0.3 is 5.73 Å². The van der Waals surface area contributed by atoms with Crippen LogP contribution in [0.1, 0.15) is 0 Å². The van der Waals surface area contributed by atoms with E-state index in [1.165, 1.54) is 6.07 Å². The number of benzene rings is 2. The molecule has 0 atom stereocenters. The lowest BCUT2D eigenvalue weighted by atomic mass is 10.3. The lowest BCUT2D eigenvalue weighted by Gasteiger charge is -2.12. The molecule has 21 heavy (non-hydrogen) atoms. The Bertz CT molecular complexity index is 815. The molecule has 0 spiro atoms. The number of nitrogens with two attached hydrogens (primary N) is 1. The van der Waals surface area contributed by atoms with E-state index in [1.54, 1.807) is 12.1 Å². The van der Waals surface area contributed by atoms with Crippen molar-refractivity contribution in [3.05, 3.63) is 50.7 Å². The average Bonchev–Trinajstić information content (AvgIpc) is 2.39. The molecule has 0 saturated heterocycles. The molecule has 2 aromatic rings. The lowest BCUT2D eigenvalue weighted by molar-refractivity contribution is 0.573. The number of hydrogen-bond donors (Lipinski definition) is 2. The van der Waals surface area contributed by atoms with Gasteiger partial charge in [0.1, 0.15) is 4.90 Å². The topological polar surface area (TPSA) is 72.2 Å². The molecule has 0 aromatic heterocycles. The van der Waals surface area contributed by atoms with Gasteiger partial charge >= 0.3 is 0 Å². The lowest BCUT2D eigenvalue weighted by Crippen LogP contribution is -2.16. The minimum Gasteiger partial charge on any atom is -0.396 e. The molecule has 0 unspecified atom stereocenters. The fraction of sp³-hybridized carbons (Fsp3) is 0. The molecule has 0 saturated carbocycles. The van der Waals surface area contributed by atoms with Crippen molar-refractivity contribution < 1.29 is 12.8 Å². The summed E-state index contributed by atoms with van der Waals surface area (Å²) < 4.78 is 41.0. The molecular formula is C12H8BrCl2FN2O2S. The molecule has 0 fully saturated rings. The van der Waals surface area contributed by atoms with Gasteiger partial charge in [0.05, 0.1) is 20.9 Å². The standard InChI is InChI=1S/C12H8BrCl2FN2O2S/c13-11-7(15)2-1-3-9(11)18-21(19,20)10-5-6(14)4-8(17)12(10)16/h1-5,18H,17H2. The van der Waals surface area contributed by atoms with E-state index < -0.39 is 20.7 Å². The van der Waals surface area contributed by atoms with Gasteiger partial charge in [0.2, 0.25) is 0 Å². The van der Waals surface area contributed by atoms with Crippen LogP contribution in [0.2, 0.25) is 10.0 Å². The average molecular weight is 414 g/mol. The molecule has 0 heterocycles. The smallest absolute Gasteiger partial charge is 0.264 e. The summed E-state index contributed by atoms with van der Waals surface area (Å²) in [6.45, 7) is 0. The molecule has 0 aliphatic rings. The first-order chi connectivity index (χ1) is 9.72. The maximum absolute atomic E-state index is 13.9. The van der Waals surface area contributed by atoms with E-state index in [9.17, 15) is 12.8 Å². The minimum absolute atomic E-state index is 0.0134. The van der Waals surface area contributed by atoms with Crippen molar-refractivity contribution in [2.45, 2.75) is 4.90 Å². The van der Waals surface area contributed by atoms with Crippen LogP contribution in [0.25, 0.3) is 0 Å². The van der Waals surface area contributed by atoms with Crippen LogP contribution in [-0.2, 0) is 10.0 Å². The molecular weight excluding hydrogens is 406 g/mol. The molecule has 9 heteroatoms. The van der Waals surface area contributed by atoms with E-state index in [-0.39, 0.29) is 16.4 Å². The number of anilines is 2. The molecule has 2 aromatic carbocycles. The zero-order valence-corrected chi connectivity index (χ0v) is 14.1. The van der Waals surface area contributed by atoms with E-state index in [2.05, 4.69) is 20.7 Å². The number of sulfonamides is 1. The highest BCUT2D eigenvalue weighted by Gasteiger charge is 2.23. The van der Waals surface area contributed by atoms with Crippen LogP contribution in [0, 0.1) is 5.82 Å². The Morgan fingerprint density at radius 2 is 1.90 bits per heavy atom. The number of rotatable bonds is 3. The Hall–Kier alpha value is -1.02.